The summed E-state index contributed by atoms with van der Waals surface area (Å²) in [7, 11) is 1.60. The highest BCUT2D eigenvalue weighted by molar-refractivity contribution is 5.92. The van der Waals surface area contributed by atoms with Gasteiger partial charge in [-0.15, -0.1) is 0 Å². The normalized spacial score (nSPS) is 16.0. The molecule has 0 radical (unpaired) electrons. The molecule has 0 aromatic heterocycles. The lowest BCUT2D eigenvalue weighted by atomic mass is 10.0. The average molecular weight is 349 g/mol. The molecule has 0 aliphatic carbocycles. The number of hydrogen-bond acceptors (Lipinski definition) is 5. The van der Waals surface area contributed by atoms with Crippen LogP contribution in [0.1, 0.15) is 19.8 Å². The highest BCUT2D eigenvalue weighted by atomic mass is 16.5. The van der Waals surface area contributed by atoms with Crippen molar-refractivity contribution in [1.29, 1.82) is 0 Å². The van der Waals surface area contributed by atoms with Crippen LogP contribution in [-0.2, 0) is 9.59 Å². The molecule has 1 amide bonds. The highest BCUT2D eigenvalue weighted by Crippen LogP contribution is 2.17. The van der Waals surface area contributed by atoms with Crippen molar-refractivity contribution in [2.24, 2.45) is 0 Å². The number of anilines is 1. The number of amides is 1. The maximum Gasteiger partial charge on any atom is 0.317 e. The van der Waals surface area contributed by atoms with Crippen LogP contribution in [0, 0.1) is 0 Å². The number of likely N-dealkylation sites (N-methyl/N-ethyl adjacent to an activating group) is 1. The van der Waals surface area contributed by atoms with E-state index in [4.69, 9.17) is 9.84 Å². The van der Waals surface area contributed by atoms with Gasteiger partial charge in [-0.2, -0.15) is 0 Å². The molecular weight excluding hydrogens is 322 g/mol. The van der Waals surface area contributed by atoms with E-state index in [-0.39, 0.29) is 18.5 Å². The van der Waals surface area contributed by atoms with Crippen LogP contribution in [0.2, 0.25) is 0 Å². The Kier molecular flexibility index (Phi) is 7.21. The molecule has 1 saturated heterocycles. The summed E-state index contributed by atoms with van der Waals surface area (Å²) in [6.07, 6.45) is 1.77. The number of ether oxygens (including phenoxy) is 1. The third-order valence-electron chi connectivity index (χ3n) is 4.56. The molecule has 0 bridgehead atoms. The molecule has 2 N–H and O–H groups in total. The van der Waals surface area contributed by atoms with Crippen LogP contribution in [0.15, 0.2) is 24.3 Å². The topological polar surface area (TPSA) is 82.1 Å². The fourth-order valence-electron chi connectivity index (χ4n) is 3.19. The number of benzene rings is 1. The molecule has 1 aromatic carbocycles. The first-order valence-electron chi connectivity index (χ1n) is 8.64. The van der Waals surface area contributed by atoms with Crippen LogP contribution in [0.5, 0.6) is 5.75 Å². The van der Waals surface area contributed by atoms with Gasteiger partial charge in [-0.1, -0.05) is 6.92 Å². The molecule has 7 nitrogen and oxygen atoms in total. The number of likely N-dealkylation sites (tertiary alicyclic amines) is 1. The van der Waals surface area contributed by atoms with Gasteiger partial charge in [0.2, 0.25) is 5.91 Å². The summed E-state index contributed by atoms with van der Waals surface area (Å²) in [6.45, 7) is 4.75. The molecule has 1 aromatic rings. The lowest BCUT2D eigenvalue weighted by Crippen LogP contribution is -2.48. The number of aliphatic carboxylic acids is 1. The number of hydrogen-bond donors (Lipinski definition) is 2. The molecule has 0 spiro atoms. The first kappa shape index (κ1) is 19.2. The Hall–Kier alpha value is -2.12. The van der Waals surface area contributed by atoms with Crippen molar-refractivity contribution < 1.29 is 19.4 Å². The van der Waals surface area contributed by atoms with E-state index in [0.717, 1.165) is 43.9 Å². The SMILES string of the molecule is CCN(CC(=O)O)C1CCN(CC(=O)Nc2ccc(OC)cc2)CC1. The Morgan fingerprint density at radius 2 is 1.92 bits per heavy atom. The van der Waals surface area contributed by atoms with Gasteiger partial charge in [-0.3, -0.25) is 19.4 Å². The largest absolute Gasteiger partial charge is 0.497 e. The fraction of sp³-hybridized carbons (Fsp3) is 0.556. The number of nitrogens with zero attached hydrogens (tertiary/aromatic N) is 2. The summed E-state index contributed by atoms with van der Waals surface area (Å²) < 4.78 is 5.10. The third-order valence-corrected chi connectivity index (χ3v) is 4.56. The first-order valence-corrected chi connectivity index (χ1v) is 8.64. The zero-order valence-electron chi connectivity index (χ0n) is 14.9. The van der Waals surface area contributed by atoms with Gasteiger partial charge in [-0.05, 0) is 43.7 Å². The van der Waals surface area contributed by atoms with Crippen LogP contribution >= 0.6 is 0 Å². The van der Waals surface area contributed by atoms with E-state index in [1.54, 1.807) is 7.11 Å². The van der Waals surface area contributed by atoms with E-state index in [0.29, 0.717) is 6.54 Å². The average Bonchev–Trinajstić information content (AvgIpc) is 2.61. The Morgan fingerprint density at radius 1 is 1.28 bits per heavy atom. The number of methoxy groups -OCH3 is 1. The molecule has 1 aliphatic heterocycles. The Morgan fingerprint density at radius 3 is 2.44 bits per heavy atom. The Balaban J connectivity index is 1.76. The maximum absolute atomic E-state index is 12.2. The minimum absolute atomic E-state index is 0.0403. The van der Waals surface area contributed by atoms with Crippen LogP contribution in [-0.4, -0.2) is 72.7 Å². The molecule has 25 heavy (non-hydrogen) atoms. The van der Waals surface area contributed by atoms with Gasteiger partial charge in [0.05, 0.1) is 20.2 Å². The molecule has 0 unspecified atom stereocenters. The molecule has 1 aliphatic rings. The predicted octanol–water partition coefficient (Wildman–Crippen LogP) is 1.50. The van der Waals surface area contributed by atoms with Crippen molar-refractivity contribution in [2.45, 2.75) is 25.8 Å². The summed E-state index contributed by atoms with van der Waals surface area (Å²) in [4.78, 5) is 27.2. The van der Waals surface area contributed by atoms with Crippen LogP contribution in [0.25, 0.3) is 0 Å². The van der Waals surface area contributed by atoms with Crippen molar-refractivity contribution in [2.75, 3.05) is 45.2 Å². The van der Waals surface area contributed by atoms with E-state index in [9.17, 15) is 9.59 Å². The summed E-state index contributed by atoms with van der Waals surface area (Å²) in [5.74, 6) is -0.0773. The van der Waals surface area contributed by atoms with Gasteiger partial charge < -0.3 is 15.2 Å². The zero-order valence-corrected chi connectivity index (χ0v) is 14.9. The molecule has 7 heteroatoms. The smallest absolute Gasteiger partial charge is 0.317 e. The quantitative estimate of drug-likeness (QED) is 0.740. The fourth-order valence-corrected chi connectivity index (χ4v) is 3.19. The lowest BCUT2D eigenvalue weighted by molar-refractivity contribution is -0.139. The maximum atomic E-state index is 12.2. The van der Waals surface area contributed by atoms with Gasteiger partial charge >= 0.3 is 5.97 Å². The molecule has 1 heterocycles. The second kappa shape index (κ2) is 9.39. The summed E-state index contributed by atoms with van der Waals surface area (Å²) in [5.41, 5.74) is 0.749. The highest BCUT2D eigenvalue weighted by Gasteiger charge is 2.25. The number of carbonyl (C=O) groups excluding carboxylic acids is 1. The number of nitrogens with one attached hydrogen (secondary N) is 1. The van der Waals surface area contributed by atoms with Crippen molar-refractivity contribution in [1.82, 2.24) is 9.80 Å². The second-order valence-electron chi connectivity index (χ2n) is 6.24. The van der Waals surface area contributed by atoms with E-state index in [1.807, 2.05) is 36.1 Å². The van der Waals surface area contributed by atoms with Gasteiger partial charge in [0.1, 0.15) is 5.75 Å². The minimum Gasteiger partial charge on any atom is -0.497 e. The van der Waals surface area contributed by atoms with Crippen LogP contribution < -0.4 is 10.1 Å². The first-order chi connectivity index (χ1) is 12.0. The molecule has 0 saturated carbocycles. The number of piperidine rings is 1. The molecule has 1 fully saturated rings. The predicted molar refractivity (Wildman–Crippen MR) is 96.0 cm³/mol. The second-order valence-corrected chi connectivity index (χ2v) is 6.24. The molecule has 2 rings (SSSR count). The van der Waals surface area contributed by atoms with Gasteiger partial charge in [0.15, 0.2) is 0 Å². The number of carboxylic acid groups (broad SMARTS) is 1. The van der Waals surface area contributed by atoms with Gasteiger partial charge in [0.25, 0.3) is 0 Å². The Bertz CT molecular complexity index is 568. The van der Waals surface area contributed by atoms with Crippen molar-refractivity contribution in [3.8, 4) is 5.75 Å². The van der Waals surface area contributed by atoms with E-state index < -0.39 is 5.97 Å². The number of rotatable bonds is 8. The summed E-state index contributed by atoms with van der Waals surface area (Å²) >= 11 is 0. The van der Waals surface area contributed by atoms with E-state index >= 15 is 0 Å². The molecule has 138 valence electrons. The molecule has 0 atom stereocenters. The van der Waals surface area contributed by atoms with Crippen molar-refractivity contribution >= 4 is 17.6 Å². The van der Waals surface area contributed by atoms with Gasteiger partial charge in [0, 0.05) is 24.8 Å². The monoisotopic (exact) mass is 349 g/mol. The van der Waals surface area contributed by atoms with Crippen molar-refractivity contribution in [3.63, 3.8) is 0 Å². The van der Waals surface area contributed by atoms with E-state index in [1.165, 1.54) is 0 Å². The summed E-state index contributed by atoms with van der Waals surface area (Å²) in [5, 5.41) is 11.9. The third kappa shape index (κ3) is 6.03. The molecular formula is C18H27N3O4. The minimum atomic E-state index is -0.789. The standard InChI is InChI=1S/C18H27N3O4/c1-3-21(13-18(23)24)15-8-10-20(11-9-15)12-17(22)19-14-4-6-16(25-2)7-5-14/h4-7,15H,3,8-13H2,1-2H3,(H,19,22)(H,23,24). The summed E-state index contributed by atoms with van der Waals surface area (Å²) in [6, 6.07) is 7.52. The lowest BCUT2D eigenvalue weighted by Gasteiger charge is -2.37. The van der Waals surface area contributed by atoms with Crippen LogP contribution in [0.3, 0.4) is 0 Å². The number of carbonyl (C=O) groups is 2. The van der Waals surface area contributed by atoms with Gasteiger partial charge in [-0.25, -0.2) is 0 Å². The van der Waals surface area contributed by atoms with E-state index in [2.05, 4.69) is 10.2 Å². The Labute approximate surface area is 148 Å². The van der Waals surface area contributed by atoms with Crippen LogP contribution in [0.4, 0.5) is 5.69 Å². The number of carboxylic acids is 1. The van der Waals surface area contributed by atoms with Crippen molar-refractivity contribution in [3.05, 3.63) is 24.3 Å². The zero-order chi connectivity index (χ0) is 18.2.